The third-order valence-electron chi connectivity index (χ3n) is 11.3. The second-order valence-corrected chi connectivity index (χ2v) is 17.4. The van der Waals surface area contributed by atoms with Crippen molar-refractivity contribution in [2.45, 2.75) is 81.5 Å². The maximum atomic E-state index is 13.5. The number of nitrogens with one attached hydrogen (secondary N) is 1. The molecule has 3 heterocycles. The number of fused-ring (bicyclic) bond motifs is 4. The Balaban J connectivity index is 1.33. The molecular formula is C35H42ClN3O5S2. The lowest BCUT2D eigenvalue weighted by molar-refractivity contribution is -0.0950. The summed E-state index contributed by atoms with van der Waals surface area (Å²) in [4.78, 5) is 20.4. The number of aliphatic hydroxyl groups is 1. The van der Waals surface area contributed by atoms with Crippen molar-refractivity contribution < 1.29 is 23.1 Å². The van der Waals surface area contributed by atoms with E-state index >= 15 is 0 Å². The molecule has 6 atom stereocenters. The monoisotopic (exact) mass is 683 g/mol. The molecule has 0 radical (unpaired) electrons. The molecule has 2 aliphatic carbocycles. The van der Waals surface area contributed by atoms with Gasteiger partial charge in [0, 0.05) is 40.7 Å². The van der Waals surface area contributed by atoms with E-state index in [0.29, 0.717) is 44.7 Å². The number of benzene rings is 2. The lowest BCUT2D eigenvalue weighted by Gasteiger charge is -2.49. The van der Waals surface area contributed by atoms with E-state index in [1.165, 1.54) is 22.5 Å². The third-order valence-corrected chi connectivity index (χ3v) is 14.4. The Morgan fingerprint density at radius 2 is 1.96 bits per heavy atom. The van der Waals surface area contributed by atoms with E-state index in [-0.39, 0.29) is 28.7 Å². The standard InChI is InChI=1S/C35H42ClN3O5S2/c1-22-5-3-14-35(41,33-37-15-16-45-33)29-10-7-26(29)19-39-20-34(13-4-6-24-17-27(36)9-11-28(24)34)21-44-31-12-8-25(18-30(31)39)32(40)38-46(42,43)23(22)2/h8-9,11-12,15-18,22-23,26,29,41H,3-7,10,13-14,19-21H2,1-2H3,(H,38,40)/t22-,23+,26-,29+,34-,35+/m0/s1. The summed E-state index contributed by atoms with van der Waals surface area (Å²) in [6.45, 7) is 5.38. The van der Waals surface area contributed by atoms with E-state index in [4.69, 9.17) is 16.3 Å². The number of sulfonamides is 1. The molecule has 2 aliphatic heterocycles. The highest BCUT2D eigenvalue weighted by Gasteiger charge is 2.50. The minimum Gasteiger partial charge on any atom is -0.490 e. The SMILES string of the molecule is C[C@@H]1[C@@H](C)CCC[C@](O)(c2nccs2)[C@@H]2CC[C@H]2CN2C[C@@]3(CCCc4cc(Cl)ccc43)COc3ccc(cc32)C(=O)NS1(=O)=O. The number of ether oxygens (including phenoxy) is 1. The molecule has 46 heavy (non-hydrogen) atoms. The average Bonchev–Trinajstić information content (AvgIpc) is 3.52. The van der Waals surface area contributed by atoms with Crippen LogP contribution in [0.4, 0.5) is 5.69 Å². The zero-order valence-corrected chi connectivity index (χ0v) is 28.8. The minimum absolute atomic E-state index is 0.00974. The van der Waals surface area contributed by atoms with Crippen LogP contribution < -0.4 is 14.4 Å². The number of halogens is 1. The van der Waals surface area contributed by atoms with E-state index in [1.807, 2.05) is 18.4 Å². The van der Waals surface area contributed by atoms with Crippen molar-refractivity contribution in [1.29, 1.82) is 0 Å². The molecule has 1 spiro atoms. The number of thiazole rings is 1. The molecule has 1 amide bonds. The predicted octanol–water partition coefficient (Wildman–Crippen LogP) is 6.45. The van der Waals surface area contributed by atoms with E-state index < -0.39 is 26.8 Å². The summed E-state index contributed by atoms with van der Waals surface area (Å²) in [5.74, 6) is 0.0378. The fourth-order valence-corrected chi connectivity index (χ4v) is 10.7. The Labute approximate surface area is 280 Å². The van der Waals surface area contributed by atoms with Gasteiger partial charge < -0.3 is 14.7 Å². The molecular weight excluding hydrogens is 642 g/mol. The van der Waals surface area contributed by atoms with Crippen LogP contribution in [0, 0.1) is 17.8 Å². The van der Waals surface area contributed by atoms with Gasteiger partial charge in [0.05, 0.1) is 17.5 Å². The summed E-state index contributed by atoms with van der Waals surface area (Å²) in [5.41, 5.74) is 2.17. The molecule has 7 rings (SSSR count). The van der Waals surface area contributed by atoms with Gasteiger partial charge in [0.1, 0.15) is 16.4 Å². The Bertz CT molecular complexity index is 1730. The van der Waals surface area contributed by atoms with Crippen molar-refractivity contribution in [3.05, 3.63) is 74.7 Å². The Hall–Kier alpha value is -2.66. The second kappa shape index (κ2) is 12.1. The molecule has 3 aromatic rings. The number of amides is 1. The van der Waals surface area contributed by atoms with Crippen molar-refractivity contribution in [1.82, 2.24) is 9.71 Å². The first-order chi connectivity index (χ1) is 22.0. The van der Waals surface area contributed by atoms with Gasteiger partial charge in [-0.2, -0.15) is 0 Å². The van der Waals surface area contributed by atoms with Gasteiger partial charge in [-0.05, 0) is 118 Å². The number of carbonyl (C=O) groups is 1. The smallest absolute Gasteiger partial charge is 0.264 e. The molecule has 2 N–H and O–H groups in total. The van der Waals surface area contributed by atoms with Crippen LogP contribution in [0.1, 0.15) is 85.3 Å². The molecule has 1 fully saturated rings. The molecule has 2 aromatic carbocycles. The van der Waals surface area contributed by atoms with Gasteiger partial charge in [-0.25, -0.2) is 18.1 Å². The van der Waals surface area contributed by atoms with Gasteiger partial charge in [-0.1, -0.05) is 24.6 Å². The van der Waals surface area contributed by atoms with Gasteiger partial charge in [0.2, 0.25) is 10.0 Å². The fourth-order valence-electron chi connectivity index (χ4n) is 8.36. The van der Waals surface area contributed by atoms with E-state index in [2.05, 4.69) is 26.7 Å². The number of nitrogens with zero attached hydrogens (tertiary/aromatic N) is 2. The molecule has 1 aromatic heterocycles. The highest BCUT2D eigenvalue weighted by atomic mass is 35.5. The summed E-state index contributed by atoms with van der Waals surface area (Å²) < 4.78 is 35.7. The Morgan fingerprint density at radius 3 is 2.72 bits per heavy atom. The number of anilines is 1. The van der Waals surface area contributed by atoms with Crippen molar-refractivity contribution in [2.75, 3.05) is 24.6 Å². The second-order valence-electron chi connectivity index (χ2n) is 14.0. The highest BCUT2D eigenvalue weighted by molar-refractivity contribution is 7.90. The lowest BCUT2D eigenvalue weighted by atomic mass is 9.63. The lowest BCUT2D eigenvalue weighted by Crippen LogP contribution is -2.52. The Morgan fingerprint density at radius 1 is 1.11 bits per heavy atom. The zero-order chi connectivity index (χ0) is 32.3. The van der Waals surface area contributed by atoms with Crippen molar-refractivity contribution in [2.24, 2.45) is 17.8 Å². The van der Waals surface area contributed by atoms with Crippen LogP contribution in [0.15, 0.2) is 48.0 Å². The van der Waals surface area contributed by atoms with E-state index in [0.717, 1.165) is 47.8 Å². The minimum atomic E-state index is -3.95. The average molecular weight is 684 g/mol. The largest absolute Gasteiger partial charge is 0.490 e. The van der Waals surface area contributed by atoms with Crippen LogP contribution in [0.2, 0.25) is 5.02 Å². The number of hydrogen-bond donors (Lipinski definition) is 2. The van der Waals surface area contributed by atoms with E-state index in [9.17, 15) is 18.3 Å². The van der Waals surface area contributed by atoms with Crippen LogP contribution >= 0.6 is 22.9 Å². The number of aryl methyl sites for hydroxylation is 1. The summed E-state index contributed by atoms with van der Waals surface area (Å²) in [6.07, 6.45) is 8.32. The van der Waals surface area contributed by atoms with Crippen molar-refractivity contribution in [3.63, 3.8) is 0 Å². The van der Waals surface area contributed by atoms with E-state index in [1.54, 1.807) is 31.3 Å². The first-order valence-electron chi connectivity index (χ1n) is 16.5. The third kappa shape index (κ3) is 5.63. The van der Waals surface area contributed by atoms with Crippen LogP contribution in [-0.2, 0) is 27.5 Å². The zero-order valence-electron chi connectivity index (χ0n) is 26.4. The fraction of sp³-hybridized carbons (Fsp3) is 0.543. The van der Waals surface area contributed by atoms with Crippen LogP contribution in [0.5, 0.6) is 5.75 Å². The highest BCUT2D eigenvalue weighted by Crippen LogP contribution is 2.52. The van der Waals surface area contributed by atoms with Crippen molar-refractivity contribution >= 4 is 44.6 Å². The van der Waals surface area contributed by atoms with Gasteiger partial charge in [0.15, 0.2) is 0 Å². The summed E-state index contributed by atoms with van der Waals surface area (Å²) in [7, 11) is -3.95. The van der Waals surface area contributed by atoms with Gasteiger partial charge >= 0.3 is 0 Å². The first-order valence-corrected chi connectivity index (χ1v) is 19.3. The summed E-state index contributed by atoms with van der Waals surface area (Å²) in [5, 5.41) is 15.1. The molecule has 0 saturated heterocycles. The maximum absolute atomic E-state index is 13.5. The molecule has 246 valence electrons. The number of aromatic nitrogens is 1. The molecule has 2 bridgehead atoms. The van der Waals surface area contributed by atoms with Crippen molar-refractivity contribution in [3.8, 4) is 5.75 Å². The van der Waals surface area contributed by atoms with Crippen LogP contribution in [0.25, 0.3) is 0 Å². The molecule has 1 saturated carbocycles. The molecule has 0 unspecified atom stereocenters. The maximum Gasteiger partial charge on any atom is 0.264 e. The summed E-state index contributed by atoms with van der Waals surface area (Å²) in [6, 6.07) is 11.4. The van der Waals surface area contributed by atoms with Gasteiger partial charge in [0.25, 0.3) is 5.91 Å². The number of hydrogen-bond acceptors (Lipinski definition) is 8. The van der Waals surface area contributed by atoms with Gasteiger partial charge in [-0.3, -0.25) is 4.79 Å². The normalized spacial score (nSPS) is 32.7. The number of rotatable bonds is 1. The van der Waals surface area contributed by atoms with Crippen LogP contribution in [0.3, 0.4) is 0 Å². The topological polar surface area (TPSA) is 109 Å². The summed E-state index contributed by atoms with van der Waals surface area (Å²) >= 11 is 7.92. The number of carbonyl (C=O) groups excluding carboxylic acids is 1. The Kier molecular flexibility index (Phi) is 8.39. The quantitative estimate of drug-likeness (QED) is 0.303. The molecule has 4 aliphatic rings. The molecule has 8 nitrogen and oxygen atoms in total. The molecule has 11 heteroatoms. The predicted molar refractivity (Wildman–Crippen MR) is 181 cm³/mol. The van der Waals surface area contributed by atoms with Gasteiger partial charge in [-0.15, -0.1) is 11.3 Å². The first kappa shape index (κ1) is 31.9. The van der Waals surface area contributed by atoms with Crippen LogP contribution in [-0.4, -0.2) is 49.4 Å².